The Balaban J connectivity index is 4.51. The minimum atomic E-state index is 0.773. The molecule has 0 fully saturated rings. The van der Waals surface area contributed by atoms with Gasteiger partial charge in [-0.3, -0.25) is 0 Å². The highest BCUT2D eigenvalue weighted by Crippen LogP contribution is 2.18. The van der Waals surface area contributed by atoms with E-state index in [4.69, 9.17) is 11.6 Å². The molecule has 0 amide bonds. The molecule has 0 radical (unpaired) electrons. The van der Waals surface area contributed by atoms with Gasteiger partial charge in [-0.1, -0.05) is 18.2 Å². The second-order valence-corrected chi connectivity index (χ2v) is 3.07. The number of allylic oxidation sites excluding steroid dienone is 3. The van der Waals surface area contributed by atoms with Crippen molar-refractivity contribution < 1.29 is 0 Å². The third kappa shape index (κ3) is 2.98. The van der Waals surface area contributed by atoms with Gasteiger partial charge in [-0.15, -0.1) is 0 Å². The van der Waals surface area contributed by atoms with Gasteiger partial charge in [0.25, 0.3) is 0 Å². The first-order valence-electron chi connectivity index (χ1n) is 3.74. The van der Waals surface area contributed by atoms with Crippen molar-refractivity contribution in [2.24, 2.45) is 0 Å². The van der Waals surface area contributed by atoms with Crippen LogP contribution >= 0.6 is 11.6 Å². The van der Waals surface area contributed by atoms with Gasteiger partial charge in [0.15, 0.2) is 0 Å². The lowest BCUT2D eigenvalue weighted by Crippen LogP contribution is -2.15. The van der Waals surface area contributed by atoms with Crippen LogP contribution in [0.25, 0.3) is 0 Å². The highest BCUT2D eigenvalue weighted by Gasteiger charge is 2.02. The summed E-state index contributed by atoms with van der Waals surface area (Å²) < 4.78 is 0. The van der Waals surface area contributed by atoms with Crippen LogP contribution in [0.1, 0.15) is 20.8 Å². The van der Waals surface area contributed by atoms with Crippen molar-refractivity contribution in [1.29, 1.82) is 0 Å². The highest BCUT2D eigenvalue weighted by atomic mass is 35.5. The molecule has 11 heavy (non-hydrogen) atoms. The molecule has 0 saturated carbocycles. The molecule has 0 aromatic heterocycles. The van der Waals surface area contributed by atoms with Crippen LogP contribution in [-0.2, 0) is 0 Å². The van der Waals surface area contributed by atoms with Crippen LogP contribution in [-0.4, -0.2) is 18.5 Å². The Morgan fingerprint density at radius 3 is 2.18 bits per heavy atom. The summed E-state index contributed by atoms with van der Waals surface area (Å²) in [5.74, 6) is 0. The second kappa shape index (κ2) is 4.45. The standard InChI is InChI=1S/C9H16ClN/c1-6-11(5)8(4)9(10)7(2)3/h2,6H2,1,3-5H3/b9-8+. The SMILES string of the molecule is C=C(C)/C(Cl)=C(/C)N(C)CC. The van der Waals surface area contributed by atoms with Crippen LogP contribution in [0.15, 0.2) is 22.9 Å². The van der Waals surface area contributed by atoms with Crippen LogP contribution in [0, 0.1) is 0 Å². The lowest BCUT2D eigenvalue weighted by Gasteiger charge is -2.18. The first-order chi connectivity index (χ1) is 5.00. The maximum absolute atomic E-state index is 5.98. The zero-order chi connectivity index (χ0) is 9.02. The fourth-order valence-corrected chi connectivity index (χ4v) is 0.858. The Hall–Kier alpha value is -0.430. The molecule has 0 aliphatic rings. The third-order valence-corrected chi connectivity index (χ3v) is 2.34. The summed E-state index contributed by atoms with van der Waals surface area (Å²) in [5.41, 5.74) is 2.01. The van der Waals surface area contributed by atoms with Crippen LogP contribution in [0.4, 0.5) is 0 Å². The molecule has 0 aliphatic heterocycles. The summed E-state index contributed by atoms with van der Waals surface area (Å²) >= 11 is 5.98. The van der Waals surface area contributed by atoms with Gasteiger partial charge in [-0.2, -0.15) is 0 Å². The van der Waals surface area contributed by atoms with Crippen molar-refractivity contribution >= 4 is 11.6 Å². The highest BCUT2D eigenvalue weighted by molar-refractivity contribution is 6.32. The molecule has 1 nitrogen and oxygen atoms in total. The maximum atomic E-state index is 5.98. The first kappa shape index (κ1) is 10.6. The third-order valence-electron chi connectivity index (χ3n) is 1.74. The number of hydrogen-bond acceptors (Lipinski definition) is 1. The van der Waals surface area contributed by atoms with Crippen molar-refractivity contribution in [3.63, 3.8) is 0 Å². The second-order valence-electron chi connectivity index (χ2n) is 2.69. The average molecular weight is 174 g/mol. The van der Waals surface area contributed by atoms with Crippen molar-refractivity contribution in [3.05, 3.63) is 22.9 Å². The summed E-state index contributed by atoms with van der Waals surface area (Å²) in [7, 11) is 2.01. The normalized spacial score (nSPS) is 12.5. The quantitative estimate of drug-likeness (QED) is 0.594. The predicted octanol–water partition coefficient (Wildman–Crippen LogP) is 2.98. The van der Waals surface area contributed by atoms with E-state index < -0.39 is 0 Å². The van der Waals surface area contributed by atoms with E-state index in [9.17, 15) is 0 Å². The number of halogens is 1. The van der Waals surface area contributed by atoms with Gasteiger partial charge in [0.2, 0.25) is 0 Å². The summed E-state index contributed by atoms with van der Waals surface area (Å²) in [5, 5.41) is 0.773. The smallest absolute Gasteiger partial charge is 0.0617 e. The van der Waals surface area contributed by atoms with Crippen LogP contribution in [0.3, 0.4) is 0 Å². The van der Waals surface area contributed by atoms with Gasteiger partial charge in [-0.25, -0.2) is 0 Å². The molecule has 0 aliphatic carbocycles. The molecule has 2 heteroatoms. The summed E-state index contributed by atoms with van der Waals surface area (Å²) in [6.07, 6.45) is 0. The molecule has 0 rings (SSSR count). The molecular formula is C9H16ClN. The Labute approximate surface area is 74.3 Å². The van der Waals surface area contributed by atoms with Crippen molar-refractivity contribution in [1.82, 2.24) is 4.90 Å². The summed E-state index contributed by atoms with van der Waals surface area (Å²) in [6.45, 7) is 10.7. The fourth-order valence-electron chi connectivity index (χ4n) is 0.714. The van der Waals surface area contributed by atoms with Gasteiger partial charge in [0.1, 0.15) is 0 Å². The Morgan fingerprint density at radius 1 is 1.45 bits per heavy atom. The molecule has 0 aromatic carbocycles. The van der Waals surface area contributed by atoms with Crippen LogP contribution in [0.2, 0.25) is 0 Å². The predicted molar refractivity (Wildman–Crippen MR) is 51.7 cm³/mol. The first-order valence-corrected chi connectivity index (χ1v) is 4.11. The fraction of sp³-hybridized carbons (Fsp3) is 0.556. The van der Waals surface area contributed by atoms with Gasteiger partial charge >= 0.3 is 0 Å². The van der Waals surface area contributed by atoms with E-state index >= 15 is 0 Å². The van der Waals surface area contributed by atoms with Crippen LogP contribution < -0.4 is 0 Å². The largest absolute Gasteiger partial charge is 0.377 e. The average Bonchev–Trinajstić information content (AvgIpc) is 2.00. The zero-order valence-corrected chi connectivity index (χ0v) is 8.50. The summed E-state index contributed by atoms with van der Waals surface area (Å²) in [6, 6.07) is 0. The molecule has 0 spiro atoms. The van der Waals surface area contributed by atoms with Gasteiger partial charge in [-0.05, 0) is 26.3 Å². The van der Waals surface area contributed by atoms with Crippen LogP contribution in [0.5, 0.6) is 0 Å². The van der Waals surface area contributed by atoms with Gasteiger partial charge in [0.05, 0.1) is 5.03 Å². The lowest BCUT2D eigenvalue weighted by molar-refractivity contribution is 0.441. The van der Waals surface area contributed by atoms with Crippen molar-refractivity contribution in [2.45, 2.75) is 20.8 Å². The van der Waals surface area contributed by atoms with E-state index in [1.807, 2.05) is 20.9 Å². The number of hydrogen-bond donors (Lipinski definition) is 0. The zero-order valence-electron chi connectivity index (χ0n) is 7.74. The van der Waals surface area contributed by atoms with E-state index in [0.29, 0.717) is 0 Å². The lowest BCUT2D eigenvalue weighted by atomic mass is 10.2. The topological polar surface area (TPSA) is 3.24 Å². The summed E-state index contributed by atoms with van der Waals surface area (Å²) in [4.78, 5) is 2.09. The Morgan fingerprint density at radius 2 is 1.91 bits per heavy atom. The number of rotatable bonds is 3. The molecule has 0 unspecified atom stereocenters. The molecule has 0 saturated heterocycles. The molecule has 0 heterocycles. The maximum Gasteiger partial charge on any atom is 0.0617 e. The van der Waals surface area contributed by atoms with E-state index in [2.05, 4.69) is 18.4 Å². The monoisotopic (exact) mass is 173 g/mol. The van der Waals surface area contributed by atoms with E-state index in [1.165, 1.54) is 0 Å². The molecule has 0 bridgehead atoms. The Kier molecular flexibility index (Phi) is 4.27. The van der Waals surface area contributed by atoms with Crippen molar-refractivity contribution in [2.75, 3.05) is 13.6 Å². The molecular weight excluding hydrogens is 158 g/mol. The van der Waals surface area contributed by atoms with E-state index in [-0.39, 0.29) is 0 Å². The van der Waals surface area contributed by atoms with E-state index in [0.717, 1.165) is 22.8 Å². The van der Waals surface area contributed by atoms with Gasteiger partial charge < -0.3 is 4.90 Å². The molecule has 0 N–H and O–H groups in total. The molecule has 0 atom stereocenters. The van der Waals surface area contributed by atoms with Crippen molar-refractivity contribution in [3.8, 4) is 0 Å². The Bertz CT molecular complexity index is 182. The van der Waals surface area contributed by atoms with E-state index in [1.54, 1.807) is 0 Å². The minimum Gasteiger partial charge on any atom is -0.377 e. The molecule has 64 valence electrons. The minimum absolute atomic E-state index is 0.773. The van der Waals surface area contributed by atoms with Gasteiger partial charge in [0, 0.05) is 19.3 Å². The molecule has 0 aromatic rings. The number of nitrogens with zero attached hydrogens (tertiary/aromatic N) is 1.